The Morgan fingerprint density at radius 2 is 2.32 bits per heavy atom. The summed E-state index contributed by atoms with van der Waals surface area (Å²) in [4.78, 5) is 28.3. The maximum atomic E-state index is 12.0. The summed E-state index contributed by atoms with van der Waals surface area (Å²) in [6.45, 7) is 0.811. The highest BCUT2D eigenvalue weighted by atomic mass is 32.1. The number of hydrogen-bond acceptors (Lipinski definition) is 4. The zero-order valence-corrected chi connectivity index (χ0v) is 11.4. The van der Waals surface area contributed by atoms with Gasteiger partial charge < -0.3 is 15.3 Å². The minimum atomic E-state index is -0.874. The van der Waals surface area contributed by atoms with Gasteiger partial charge in [-0.3, -0.25) is 4.79 Å². The van der Waals surface area contributed by atoms with E-state index in [4.69, 9.17) is 5.11 Å². The van der Waals surface area contributed by atoms with Crippen molar-refractivity contribution in [2.45, 2.75) is 31.7 Å². The average molecular weight is 283 g/mol. The number of nitrogens with zero attached hydrogens (tertiary/aromatic N) is 2. The van der Waals surface area contributed by atoms with Gasteiger partial charge in [-0.2, -0.15) is 0 Å². The number of thiazole rings is 1. The smallest absolute Gasteiger partial charge is 0.317 e. The number of hydrogen-bond donors (Lipinski definition) is 2. The van der Waals surface area contributed by atoms with Crippen LogP contribution in [0.15, 0.2) is 11.6 Å². The van der Waals surface area contributed by atoms with Gasteiger partial charge in [-0.1, -0.05) is 0 Å². The van der Waals surface area contributed by atoms with Crippen LogP contribution in [0, 0.1) is 0 Å². The molecule has 1 saturated carbocycles. The predicted octanol–water partition coefficient (Wildman–Crippen LogP) is 1.33. The fourth-order valence-corrected chi connectivity index (χ4v) is 2.43. The normalized spacial score (nSPS) is 14.1. The first-order valence-corrected chi connectivity index (χ1v) is 7.19. The van der Waals surface area contributed by atoms with E-state index in [9.17, 15) is 9.59 Å². The molecule has 2 rings (SSSR count). The number of carboxylic acid groups (broad SMARTS) is 1. The molecule has 0 radical (unpaired) electrons. The lowest BCUT2D eigenvalue weighted by molar-refractivity contribution is -0.137. The largest absolute Gasteiger partial charge is 0.481 e. The summed E-state index contributed by atoms with van der Waals surface area (Å²) in [5.41, 5.74) is 0. The van der Waals surface area contributed by atoms with Crippen LogP contribution in [0.1, 0.15) is 24.3 Å². The Labute approximate surface area is 115 Å². The van der Waals surface area contributed by atoms with Crippen molar-refractivity contribution in [1.29, 1.82) is 0 Å². The summed E-state index contributed by atoms with van der Waals surface area (Å²) in [7, 11) is 0. The molecule has 1 fully saturated rings. The Morgan fingerprint density at radius 1 is 1.53 bits per heavy atom. The van der Waals surface area contributed by atoms with Crippen LogP contribution in [0.3, 0.4) is 0 Å². The molecule has 2 amide bonds. The Hall–Kier alpha value is -1.63. The van der Waals surface area contributed by atoms with Crippen molar-refractivity contribution in [3.63, 3.8) is 0 Å². The zero-order valence-electron chi connectivity index (χ0n) is 10.5. The standard InChI is InChI=1S/C12H17N3O3S/c16-11(17)4-7-15(9-1-2-9)12(18)14-5-3-10-13-6-8-19-10/h6,8-9H,1-5,7H2,(H,14,18)(H,16,17). The number of amides is 2. The number of carbonyl (C=O) groups is 2. The molecule has 0 atom stereocenters. The fourth-order valence-electron chi connectivity index (χ4n) is 1.81. The predicted molar refractivity (Wildman–Crippen MR) is 71.2 cm³/mol. The van der Waals surface area contributed by atoms with Crippen LogP contribution in [0.2, 0.25) is 0 Å². The Balaban J connectivity index is 1.74. The van der Waals surface area contributed by atoms with E-state index in [0.29, 0.717) is 13.0 Å². The van der Waals surface area contributed by atoms with Crippen LogP contribution in [0.25, 0.3) is 0 Å². The molecule has 2 N–H and O–H groups in total. The number of urea groups is 1. The maximum Gasteiger partial charge on any atom is 0.317 e. The average Bonchev–Trinajstić information content (AvgIpc) is 3.06. The molecule has 1 heterocycles. The molecule has 0 aliphatic heterocycles. The summed E-state index contributed by atoms with van der Waals surface area (Å²) in [5.74, 6) is -0.874. The Kier molecular flexibility index (Phi) is 4.73. The lowest BCUT2D eigenvalue weighted by Gasteiger charge is -2.21. The van der Waals surface area contributed by atoms with Gasteiger partial charge in [-0.25, -0.2) is 9.78 Å². The number of carboxylic acids is 1. The van der Waals surface area contributed by atoms with Gasteiger partial charge >= 0.3 is 12.0 Å². The fraction of sp³-hybridized carbons (Fsp3) is 0.583. The van der Waals surface area contributed by atoms with Crippen LogP contribution in [0.5, 0.6) is 0 Å². The van der Waals surface area contributed by atoms with Crippen LogP contribution in [-0.4, -0.2) is 46.1 Å². The van der Waals surface area contributed by atoms with E-state index in [1.807, 2.05) is 5.38 Å². The van der Waals surface area contributed by atoms with Crippen molar-refractivity contribution in [1.82, 2.24) is 15.2 Å². The van der Waals surface area contributed by atoms with E-state index in [2.05, 4.69) is 10.3 Å². The van der Waals surface area contributed by atoms with Crippen molar-refractivity contribution in [3.8, 4) is 0 Å². The highest BCUT2D eigenvalue weighted by Crippen LogP contribution is 2.26. The van der Waals surface area contributed by atoms with Crippen LogP contribution < -0.4 is 5.32 Å². The lowest BCUT2D eigenvalue weighted by atomic mass is 10.3. The SMILES string of the molecule is O=C(O)CCN(C(=O)NCCc1nccs1)C1CC1. The van der Waals surface area contributed by atoms with Crippen molar-refractivity contribution in [2.24, 2.45) is 0 Å². The molecule has 0 unspecified atom stereocenters. The summed E-state index contributed by atoms with van der Waals surface area (Å²) >= 11 is 1.56. The third-order valence-electron chi connectivity index (χ3n) is 2.91. The quantitative estimate of drug-likeness (QED) is 0.791. The van der Waals surface area contributed by atoms with E-state index < -0.39 is 5.97 Å². The summed E-state index contributed by atoms with van der Waals surface area (Å²) in [6, 6.07) is 0.0551. The van der Waals surface area contributed by atoms with Gasteiger partial charge in [0.1, 0.15) is 0 Å². The molecule has 0 spiro atoms. The minimum Gasteiger partial charge on any atom is -0.481 e. The molecule has 1 aliphatic carbocycles. The zero-order chi connectivity index (χ0) is 13.7. The summed E-state index contributed by atoms with van der Waals surface area (Å²) in [6.07, 6.45) is 4.39. The monoisotopic (exact) mass is 283 g/mol. The highest BCUT2D eigenvalue weighted by molar-refractivity contribution is 7.09. The highest BCUT2D eigenvalue weighted by Gasteiger charge is 2.32. The van der Waals surface area contributed by atoms with E-state index in [1.54, 1.807) is 22.4 Å². The van der Waals surface area contributed by atoms with E-state index in [1.165, 1.54) is 0 Å². The molecular weight excluding hydrogens is 266 g/mol. The van der Waals surface area contributed by atoms with Crippen molar-refractivity contribution in [2.75, 3.05) is 13.1 Å². The molecule has 19 heavy (non-hydrogen) atoms. The topological polar surface area (TPSA) is 82.5 Å². The second-order valence-corrected chi connectivity index (χ2v) is 5.46. The molecule has 0 aromatic carbocycles. The summed E-state index contributed by atoms with van der Waals surface area (Å²) in [5, 5.41) is 14.4. The van der Waals surface area contributed by atoms with Gasteiger partial charge in [0.05, 0.1) is 11.4 Å². The molecule has 0 bridgehead atoms. The van der Waals surface area contributed by atoms with Crippen molar-refractivity contribution < 1.29 is 14.7 Å². The molecule has 1 aromatic heterocycles. The van der Waals surface area contributed by atoms with Gasteiger partial charge in [0.2, 0.25) is 0 Å². The molecule has 0 saturated heterocycles. The molecule has 7 heteroatoms. The van der Waals surface area contributed by atoms with Crippen LogP contribution in [-0.2, 0) is 11.2 Å². The Bertz CT molecular complexity index is 431. The lowest BCUT2D eigenvalue weighted by Crippen LogP contribution is -2.43. The summed E-state index contributed by atoms with van der Waals surface area (Å²) < 4.78 is 0. The number of nitrogens with one attached hydrogen (secondary N) is 1. The minimum absolute atomic E-state index is 0.00357. The van der Waals surface area contributed by atoms with E-state index in [-0.39, 0.29) is 25.0 Å². The van der Waals surface area contributed by atoms with Gasteiger partial charge in [-0.15, -0.1) is 11.3 Å². The third-order valence-corrected chi connectivity index (χ3v) is 3.75. The van der Waals surface area contributed by atoms with Gasteiger partial charge in [0.15, 0.2) is 0 Å². The van der Waals surface area contributed by atoms with Gasteiger partial charge in [0.25, 0.3) is 0 Å². The number of aromatic nitrogens is 1. The molecule has 1 aromatic rings. The third kappa shape index (κ3) is 4.51. The number of rotatable bonds is 7. The first-order chi connectivity index (χ1) is 9.16. The number of aliphatic carboxylic acids is 1. The van der Waals surface area contributed by atoms with Gasteiger partial charge in [0, 0.05) is 37.1 Å². The van der Waals surface area contributed by atoms with Crippen molar-refractivity contribution >= 4 is 23.3 Å². The van der Waals surface area contributed by atoms with E-state index in [0.717, 1.165) is 17.8 Å². The maximum absolute atomic E-state index is 12.0. The Morgan fingerprint density at radius 3 is 2.89 bits per heavy atom. The van der Waals surface area contributed by atoms with Gasteiger partial charge in [-0.05, 0) is 12.8 Å². The van der Waals surface area contributed by atoms with Crippen LogP contribution >= 0.6 is 11.3 Å². The molecule has 6 nitrogen and oxygen atoms in total. The molecule has 1 aliphatic rings. The van der Waals surface area contributed by atoms with Crippen molar-refractivity contribution in [3.05, 3.63) is 16.6 Å². The first kappa shape index (κ1) is 13.8. The molecule has 104 valence electrons. The van der Waals surface area contributed by atoms with E-state index >= 15 is 0 Å². The number of carbonyl (C=O) groups excluding carboxylic acids is 1. The first-order valence-electron chi connectivity index (χ1n) is 6.31. The molecular formula is C12H17N3O3S. The second-order valence-electron chi connectivity index (χ2n) is 4.48. The van der Waals surface area contributed by atoms with Crippen LogP contribution in [0.4, 0.5) is 4.79 Å². The second kappa shape index (κ2) is 6.51.